The Morgan fingerprint density at radius 3 is 2.88 bits per heavy atom. The van der Waals surface area contributed by atoms with Crippen LogP contribution < -0.4 is 15.0 Å². The molecule has 0 spiro atoms. The number of nitrogens with one attached hydrogen (secondary N) is 1. The molecule has 0 aromatic heterocycles. The first-order chi connectivity index (χ1) is 12.2. The van der Waals surface area contributed by atoms with E-state index in [0.29, 0.717) is 19.6 Å². The average Bonchev–Trinajstić information content (AvgIpc) is 3.10. The second kappa shape index (κ2) is 7.71. The SMILES string of the molecule is C[C@@H](Nc1ccc2c(c1)CCO2)C(=O)N(CCC#N)c1ccccc1. The molecule has 5 nitrogen and oxygen atoms in total. The minimum absolute atomic E-state index is 0.0572. The zero-order chi connectivity index (χ0) is 17.6. The third-order valence-corrected chi connectivity index (χ3v) is 4.22. The van der Waals surface area contributed by atoms with Gasteiger partial charge in [-0.2, -0.15) is 5.26 Å². The first-order valence-corrected chi connectivity index (χ1v) is 8.44. The third-order valence-electron chi connectivity index (χ3n) is 4.22. The lowest BCUT2D eigenvalue weighted by atomic mass is 10.1. The fourth-order valence-electron chi connectivity index (χ4n) is 2.96. The molecular formula is C20H21N3O2. The highest BCUT2D eigenvalue weighted by Crippen LogP contribution is 2.28. The number of para-hydroxylation sites is 1. The van der Waals surface area contributed by atoms with E-state index < -0.39 is 6.04 Å². The molecule has 0 fully saturated rings. The van der Waals surface area contributed by atoms with Gasteiger partial charge in [-0.3, -0.25) is 4.79 Å². The number of nitriles is 1. The quantitative estimate of drug-likeness (QED) is 0.879. The molecule has 1 amide bonds. The van der Waals surface area contributed by atoms with Crippen LogP contribution in [0.4, 0.5) is 11.4 Å². The molecule has 1 atom stereocenters. The zero-order valence-corrected chi connectivity index (χ0v) is 14.2. The molecule has 1 N–H and O–H groups in total. The van der Waals surface area contributed by atoms with Gasteiger partial charge in [0.2, 0.25) is 5.91 Å². The van der Waals surface area contributed by atoms with Crippen molar-refractivity contribution in [3.8, 4) is 11.8 Å². The summed E-state index contributed by atoms with van der Waals surface area (Å²) in [5.74, 6) is 0.864. The molecule has 3 rings (SSSR count). The van der Waals surface area contributed by atoms with Gasteiger partial charge < -0.3 is 15.0 Å². The van der Waals surface area contributed by atoms with Gasteiger partial charge in [-0.05, 0) is 42.8 Å². The predicted octanol–water partition coefficient (Wildman–Crippen LogP) is 3.37. The molecule has 0 saturated carbocycles. The van der Waals surface area contributed by atoms with E-state index >= 15 is 0 Å². The van der Waals surface area contributed by atoms with E-state index in [0.717, 1.165) is 29.1 Å². The molecule has 2 aromatic rings. The molecular weight excluding hydrogens is 314 g/mol. The molecule has 0 saturated heterocycles. The summed E-state index contributed by atoms with van der Waals surface area (Å²) in [6.45, 7) is 2.93. The average molecular weight is 335 g/mol. The van der Waals surface area contributed by atoms with Crippen molar-refractivity contribution in [3.05, 3.63) is 54.1 Å². The Hall–Kier alpha value is -3.00. The zero-order valence-electron chi connectivity index (χ0n) is 14.2. The second-order valence-electron chi connectivity index (χ2n) is 6.02. The number of carbonyl (C=O) groups excluding carboxylic acids is 1. The first-order valence-electron chi connectivity index (χ1n) is 8.44. The second-order valence-corrected chi connectivity index (χ2v) is 6.02. The maximum atomic E-state index is 12.9. The van der Waals surface area contributed by atoms with Crippen LogP contribution in [-0.2, 0) is 11.2 Å². The summed E-state index contributed by atoms with van der Waals surface area (Å²) in [6.07, 6.45) is 1.19. The summed E-state index contributed by atoms with van der Waals surface area (Å²) in [5, 5.41) is 12.2. The van der Waals surface area contributed by atoms with Crippen molar-refractivity contribution in [1.29, 1.82) is 5.26 Å². The third kappa shape index (κ3) is 3.92. The standard InChI is InChI=1S/C20H21N3O2/c1-15(22-17-8-9-19-16(14-17)10-13-25-19)20(24)23(12-5-11-21)18-6-3-2-4-7-18/h2-4,6-9,14-15,22H,5,10,12-13H2,1H3/t15-/m1/s1. The fourth-order valence-corrected chi connectivity index (χ4v) is 2.96. The number of hydrogen-bond donors (Lipinski definition) is 1. The number of rotatable bonds is 6. The Balaban J connectivity index is 1.73. The van der Waals surface area contributed by atoms with Crippen LogP contribution in [0.25, 0.3) is 0 Å². The lowest BCUT2D eigenvalue weighted by Gasteiger charge is -2.26. The minimum Gasteiger partial charge on any atom is -0.493 e. The van der Waals surface area contributed by atoms with Gasteiger partial charge in [0.05, 0.1) is 19.1 Å². The van der Waals surface area contributed by atoms with Crippen LogP contribution in [0, 0.1) is 11.3 Å². The van der Waals surface area contributed by atoms with Crippen LogP contribution >= 0.6 is 0 Å². The topological polar surface area (TPSA) is 65.4 Å². The van der Waals surface area contributed by atoms with E-state index in [1.165, 1.54) is 0 Å². The highest BCUT2D eigenvalue weighted by molar-refractivity contribution is 5.98. The number of hydrogen-bond acceptors (Lipinski definition) is 4. The minimum atomic E-state index is -0.403. The summed E-state index contributed by atoms with van der Waals surface area (Å²) in [7, 11) is 0. The molecule has 0 unspecified atom stereocenters. The van der Waals surface area contributed by atoms with Crippen molar-refractivity contribution in [2.24, 2.45) is 0 Å². The summed E-state index contributed by atoms with van der Waals surface area (Å²) in [4.78, 5) is 14.6. The highest BCUT2D eigenvalue weighted by atomic mass is 16.5. The van der Waals surface area contributed by atoms with Crippen molar-refractivity contribution >= 4 is 17.3 Å². The summed E-state index contributed by atoms with van der Waals surface area (Å²) >= 11 is 0. The van der Waals surface area contributed by atoms with Crippen molar-refractivity contribution in [2.45, 2.75) is 25.8 Å². The Morgan fingerprint density at radius 2 is 2.12 bits per heavy atom. The fraction of sp³-hybridized carbons (Fsp3) is 0.300. The molecule has 5 heteroatoms. The van der Waals surface area contributed by atoms with Crippen LogP contribution in [-0.4, -0.2) is 25.1 Å². The largest absolute Gasteiger partial charge is 0.493 e. The smallest absolute Gasteiger partial charge is 0.249 e. The lowest BCUT2D eigenvalue weighted by molar-refractivity contribution is -0.119. The van der Waals surface area contributed by atoms with Crippen LogP contribution in [0.5, 0.6) is 5.75 Å². The van der Waals surface area contributed by atoms with E-state index in [4.69, 9.17) is 10.00 Å². The first kappa shape index (κ1) is 16.8. The van der Waals surface area contributed by atoms with Gasteiger partial charge in [0, 0.05) is 24.3 Å². The number of ether oxygens (including phenoxy) is 1. The Morgan fingerprint density at radius 1 is 1.32 bits per heavy atom. The summed E-state index contributed by atoms with van der Waals surface area (Å²) < 4.78 is 5.51. The predicted molar refractivity (Wildman–Crippen MR) is 97.8 cm³/mol. The maximum Gasteiger partial charge on any atom is 0.249 e. The normalized spacial score (nSPS) is 13.3. The number of benzene rings is 2. The Bertz CT molecular complexity index is 783. The van der Waals surface area contributed by atoms with E-state index in [9.17, 15) is 4.79 Å². The van der Waals surface area contributed by atoms with Gasteiger partial charge in [-0.1, -0.05) is 18.2 Å². The van der Waals surface area contributed by atoms with Crippen LogP contribution in [0.1, 0.15) is 18.9 Å². The molecule has 1 aliphatic rings. The van der Waals surface area contributed by atoms with Crippen molar-refractivity contribution in [3.63, 3.8) is 0 Å². The van der Waals surface area contributed by atoms with Crippen LogP contribution in [0.2, 0.25) is 0 Å². The van der Waals surface area contributed by atoms with Crippen molar-refractivity contribution in [2.75, 3.05) is 23.4 Å². The Kier molecular flexibility index (Phi) is 5.20. The summed E-state index contributed by atoms with van der Waals surface area (Å²) in [6, 6.07) is 17.1. The Labute approximate surface area is 147 Å². The number of carbonyl (C=O) groups is 1. The molecule has 1 aliphatic heterocycles. The van der Waals surface area contributed by atoms with Crippen molar-refractivity contribution in [1.82, 2.24) is 0 Å². The van der Waals surface area contributed by atoms with Gasteiger partial charge in [0.15, 0.2) is 0 Å². The maximum absolute atomic E-state index is 12.9. The molecule has 128 valence electrons. The lowest BCUT2D eigenvalue weighted by Crippen LogP contribution is -2.42. The molecule has 25 heavy (non-hydrogen) atoms. The highest BCUT2D eigenvalue weighted by Gasteiger charge is 2.22. The van der Waals surface area contributed by atoms with Crippen LogP contribution in [0.3, 0.4) is 0 Å². The van der Waals surface area contributed by atoms with Gasteiger partial charge >= 0.3 is 0 Å². The van der Waals surface area contributed by atoms with E-state index in [1.54, 1.807) is 4.90 Å². The van der Waals surface area contributed by atoms with E-state index in [1.807, 2.05) is 55.5 Å². The van der Waals surface area contributed by atoms with Crippen molar-refractivity contribution < 1.29 is 9.53 Å². The molecule has 0 aliphatic carbocycles. The van der Waals surface area contributed by atoms with Gasteiger partial charge in [-0.25, -0.2) is 0 Å². The van der Waals surface area contributed by atoms with Gasteiger partial charge in [-0.15, -0.1) is 0 Å². The van der Waals surface area contributed by atoms with Gasteiger partial charge in [0.1, 0.15) is 11.8 Å². The van der Waals surface area contributed by atoms with Gasteiger partial charge in [0.25, 0.3) is 0 Å². The van der Waals surface area contributed by atoms with E-state index in [-0.39, 0.29) is 5.91 Å². The van der Waals surface area contributed by atoms with E-state index in [2.05, 4.69) is 11.4 Å². The number of anilines is 2. The molecule has 0 radical (unpaired) electrons. The van der Waals surface area contributed by atoms with Crippen LogP contribution in [0.15, 0.2) is 48.5 Å². The number of amides is 1. The monoisotopic (exact) mass is 335 g/mol. The number of nitrogens with zero attached hydrogens (tertiary/aromatic N) is 2. The molecule has 2 aromatic carbocycles. The number of fused-ring (bicyclic) bond motifs is 1. The summed E-state index contributed by atoms with van der Waals surface area (Å²) in [5.41, 5.74) is 2.87. The molecule has 0 bridgehead atoms. The molecule has 1 heterocycles.